The largest absolute Gasteiger partial charge is 0.423 e. The summed E-state index contributed by atoms with van der Waals surface area (Å²) in [6.45, 7) is 3.94. The van der Waals surface area contributed by atoms with E-state index in [4.69, 9.17) is 4.74 Å². The molecule has 0 saturated heterocycles. The van der Waals surface area contributed by atoms with Gasteiger partial charge in [-0.05, 0) is 43.2 Å². The summed E-state index contributed by atoms with van der Waals surface area (Å²) in [6.07, 6.45) is 0. The molecule has 0 aliphatic carbocycles. The number of carbonyl (C=O) groups is 1. The van der Waals surface area contributed by atoms with E-state index in [-0.39, 0.29) is 5.97 Å². The van der Waals surface area contributed by atoms with E-state index in [0.29, 0.717) is 11.3 Å². The lowest BCUT2D eigenvalue weighted by atomic mass is 10.1. The Kier molecular flexibility index (Phi) is 3.24. The zero-order chi connectivity index (χ0) is 12.3. The predicted octanol–water partition coefficient (Wildman–Crippen LogP) is 3.52. The van der Waals surface area contributed by atoms with Gasteiger partial charge >= 0.3 is 5.97 Å². The number of benzene rings is 2. The van der Waals surface area contributed by atoms with Gasteiger partial charge in [0.1, 0.15) is 5.75 Å². The van der Waals surface area contributed by atoms with Crippen molar-refractivity contribution < 1.29 is 9.53 Å². The standard InChI is InChI=1S/C15H14O2/c1-11-7-6-10-14(12(11)2)17-15(16)13-8-4-3-5-9-13/h3-10H,1-2H3. The van der Waals surface area contributed by atoms with Gasteiger partial charge in [-0.3, -0.25) is 0 Å². The first-order chi connectivity index (χ1) is 8.18. The Labute approximate surface area is 101 Å². The van der Waals surface area contributed by atoms with Crippen molar-refractivity contribution in [1.82, 2.24) is 0 Å². The van der Waals surface area contributed by atoms with Crippen molar-refractivity contribution in [3.63, 3.8) is 0 Å². The highest BCUT2D eigenvalue weighted by Gasteiger charge is 2.09. The molecular weight excluding hydrogens is 212 g/mol. The summed E-state index contributed by atoms with van der Waals surface area (Å²) in [5.41, 5.74) is 2.67. The van der Waals surface area contributed by atoms with Gasteiger partial charge in [0.2, 0.25) is 0 Å². The Hall–Kier alpha value is -2.09. The molecule has 2 aromatic rings. The number of ether oxygens (including phenoxy) is 1. The van der Waals surface area contributed by atoms with Crippen LogP contribution in [0, 0.1) is 13.8 Å². The van der Waals surface area contributed by atoms with Gasteiger partial charge in [-0.15, -0.1) is 0 Å². The summed E-state index contributed by atoms with van der Waals surface area (Å²) < 4.78 is 5.37. The van der Waals surface area contributed by atoms with Crippen molar-refractivity contribution in [3.05, 3.63) is 65.2 Å². The molecule has 0 amide bonds. The molecule has 0 fully saturated rings. The Bertz CT molecular complexity index is 530. The highest BCUT2D eigenvalue weighted by atomic mass is 16.5. The molecule has 0 spiro atoms. The minimum atomic E-state index is -0.320. The van der Waals surface area contributed by atoms with E-state index in [1.165, 1.54) is 0 Å². The van der Waals surface area contributed by atoms with Crippen LogP contribution in [0.1, 0.15) is 21.5 Å². The molecular formula is C15H14O2. The Balaban J connectivity index is 2.22. The van der Waals surface area contributed by atoms with Gasteiger partial charge in [-0.25, -0.2) is 4.79 Å². The number of rotatable bonds is 2. The Morgan fingerprint density at radius 2 is 1.65 bits per heavy atom. The molecule has 0 aliphatic rings. The molecule has 2 heteroatoms. The van der Waals surface area contributed by atoms with Crippen LogP contribution < -0.4 is 4.74 Å². The van der Waals surface area contributed by atoms with Gasteiger partial charge in [0, 0.05) is 0 Å². The fraction of sp³-hybridized carbons (Fsp3) is 0.133. The maximum atomic E-state index is 11.9. The quantitative estimate of drug-likeness (QED) is 0.578. The summed E-state index contributed by atoms with van der Waals surface area (Å²) in [5, 5.41) is 0. The zero-order valence-corrected chi connectivity index (χ0v) is 9.94. The smallest absolute Gasteiger partial charge is 0.343 e. The highest BCUT2D eigenvalue weighted by molar-refractivity contribution is 5.91. The second-order valence-corrected chi connectivity index (χ2v) is 3.95. The van der Waals surface area contributed by atoms with Crippen LogP contribution in [0.3, 0.4) is 0 Å². The molecule has 0 N–H and O–H groups in total. The van der Waals surface area contributed by atoms with E-state index in [1.807, 2.05) is 50.2 Å². The van der Waals surface area contributed by atoms with E-state index in [9.17, 15) is 4.79 Å². The van der Waals surface area contributed by atoms with Crippen LogP contribution >= 0.6 is 0 Å². The summed E-state index contributed by atoms with van der Waals surface area (Å²) in [4.78, 5) is 11.9. The third kappa shape index (κ3) is 2.53. The second kappa shape index (κ2) is 4.83. The van der Waals surface area contributed by atoms with Crippen molar-refractivity contribution in [2.45, 2.75) is 13.8 Å². The van der Waals surface area contributed by atoms with E-state index in [0.717, 1.165) is 11.1 Å². The molecule has 86 valence electrons. The zero-order valence-electron chi connectivity index (χ0n) is 9.94. The topological polar surface area (TPSA) is 26.3 Å². The van der Waals surface area contributed by atoms with Crippen LogP contribution in [-0.4, -0.2) is 5.97 Å². The van der Waals surface area contributed by atoms with E-state index >= 15 is 0 Å². The van der Waals surface area contributed by atoms with Gasteiger partial charge < -0.3 is 4.74 Å². The van der Waals surface area contributed by atoms with Gasteiger partial charge in [-0.1, -0.05) is 30.3 Å². The fourth-order valence-electron chi connectivity index (χ4n) is 1.57. The van der Waals surface area contributed by atoms with Crippen LogP contribution in [0.2, 0.25) is 0 Å². The third-order valence-corrected chi connectivity index (χ3v) is 2.77. The second-order valence-electron chi connectivity index (χ2n) is 3.95. The number of esters is 1. The van der Waals surface area contributed by atoms with Crippen LogP contribution in [0.25, 0.3) is 0 Å². The van der Waals surface area contributed by atoms with Gasteiger partial charge in [-0.2, -0.15) is 0 Å². The molecule has 2 rings (SSSR count). The van der Waals surface area contributed by atoms with Crippen LogP contribution in [0.5, 0.6) is 5.75 Å². The molecule has 0 unspecified atom stereocenters. The number of carbonyl (C=O) groups excluding carboxylic acids is 1. The van der Waals surface area contributed by atoms with Crippen molar-refractivity contribution in [2.75, 3.05) is 0 Å². The third-order valence-electron chi connectivity index (χ3n) is 2.77. The Morgan fingerprint density at radius 1 is 0.941 bits per heavy atom. The minimum absolute atomic E-state index is 0.320. The molecule has 0 saturated carbocycles. The average Bonchev–Trinajstić information content (AvgIpc) is 2.36. The molecule has 0 aliphatic heterocycles. The highest BCUT2D eigenvalue weighted by Crippen LogP contribution is 2.21. The Morgan fingerprint density at radius 3 is 2.35 bits per heavy atom. The lowest BCUT2D eigenvalue weighted by molar-refractivity contribution is 0.0733. The minimum Gasteiger partial charge on any atom is -0.423 e. The van der Waals surface area contributed by atoms with Crippen LogP contribution in [0.4, 0.5) is 0 Å². The monoisotopic (exact) mass is 226 g/mol. The normalized spacial score (nSPS) is 10.0. The predicted molar refractivity (Wildman–Crippen MR) is 67.3 cm³/mol. The molecule has 0 bridgehead atoms. The van der Waals surface area contributed by atoms with Gasteiger partial charge in [0.15, 0.2) is 0 Å². The van der Waals surface area contributed by atoms with Crippen LogP contribution in [0.15, 0.2) is 48.5 Å². The molecule has 2 nitrogen and oxygen atoms in total. The summed E-state index contributed by atoms with van der Waals surface area (Å²) >= 11 is 0. The van der Waals surface area contributed by atoms with Gasteiger partial charge in [0.05, 0.1) is 5.56 Å². The number of hydrogen-bond acceptors (Lipinski definition) is 2. The first-order valence-corrected chi connectivity index (χ1v) is 5.52. The van der Waals surface area contributed by atoms with Crippen molar-refractivity contribution >= 4 is 5.97 Å². The fourth-order valence-corrected chi connectivity index (χ4v) is 1.57. The average molecular weight is 226 g/mol. The number of aryl methyl sites for hydroxylation is 1. The molecule has 0 atom stereocenters. The maximum Gasteiger partial charge on any atom is 0.343 e. The van der Waals surface area contributed by atoms with Crippen molar-refractivity contribution in [3.8, 4) is 5.75 Å². The molecule has 17 heavy (non-hydrogen) atoms. The van der Waals surface area contributed by atoms with E-state index in [2.05, 4.69) is 0 Å². The SMILES string of the molecule is Cc1cccc(OC(=O)c2ccccc2)c1C. The summed E-state index contributed by atoms with van der Waals surface area (Å²) in [7, 11) is 0. The lowest BCUT2D eigenvalue weighted by Gasteiger charge is -2.08. The molecule has 0 radical (unpaired) electrons. The maximum absolute atomic E-state index is 11.9. The van der Waals surface area contributed by atoms with Gasteiger partial charge in [0.25, 0.3) is 0 Å². The summed E-state index contributed by atoms with van der Waals surface area (Å²) in [6, 6.07) is 14.7. The first-order valence-electron chi connectivity index (χ1n) is 5.52. The molecule has 0 aromatic heterocycles. The van der Waals surface area contributed by atoms with Crippen molar-refractivity contribution in [2.24, 2.45) is 0 Å². The summed E-state index contributed by atoms with van der Waals surface area (Å²) in [5.74, 6) is 0.304. The number of hydrogen-bond donors (Lipinski definition) is 0. The molecule has 0 heterocycles. The lowest BCUT2D eigenvalue weighted by Crippen LogP contribution is -2.09. The van der Waals surface area contributed by atoms with Crippen LogP contribution in [-0.2, 0) is 0 Å². The first kappa shape index (κ1) is 11.4. The van der Waals surface area contributed by atoms with E-state index in [1.54, 1.807) is 12.1 Å². The van der Waals surface area contributed by atoms with E-state index < -0.39 is 0 Å². The van der Waals surface area contributed by atoms with Crippen molar-refractivity contribution in [1.29, 1.82) is 0 Å². The molecule has 2 aromatic carbocycles.